The van der Waals surface area contributed by atoms with Crippen LogP contribution in [-0.4, -0.2) is 40.0 Å². The molecule has 1 unspecified atom stereocenters. The molecule has 5 N–H and O–H groups in total. The number of hydrogen-bond acceptors (Lipinski definition) is 7. The topological polar surface area (TPSA) is 161 Å². The highest BCUT2D eigenvalue weighted by molar-refractivity contribution is 7.99. The highest BCUT2D eigenvalue weighted by atomic mass is 35.5. The Morgan fingerprint density at radius 2 is 1.61 bits per heavy atom. The fourth-order valence-corrected chi connectivity index (χ4v) is 6.53. The smallest absolute Gasteiger partial charge is 0.323 e. The molecule has 0 heterocycles. The van der Waals surface area contributed by atoms with Crippen LogP contribution in [0.3, 0.4) is 0 Å². The number of benzene rings is 3. The summed E-state index contributed by atoms with van der Waals surface area (Å²) in [5.74, 6) is -0.825. The Morgan fingerprint density at radius 1 is 0.882 bits per heavy atom. The SMILES string of the molecule is CCCCCc1ccc(OC(CCCC)C(=O)Nc2cc(O)c(NC(=O)Nc3ccc(C#N)c(Cl)c3)cc2SCCC(=O)O)c(CCCCC)c1. The number of carboxylic acid groups (broad SMARTS) is 1. The average Bonchev–Trinajstić information content (AvgIpc) is 3.09. The number of ether oxygens (including phenoxy) is 1. The molecule has 3 amide bonds. The van der Waals surface area contributed by atoms with Crippen molar-refractivity contribution in [1.82, 2.24) is 0 Å². The fourth-order valence-electron chi connectivity index (χ4n) is 5.34. The van der Waals surface area contributed by atoms with E-state index in [0.717, 1.165) is 63.4 Å². The third kappa shape index (κ3) is 13.7. The summed E-state index contributed by atoms with van der Waals surface area (Å²) in [7, 11) is 0. The van der Waals surface area contributed by atoms with Gasteiger partial charge in [0.2, 0.25) is 0 Å². The molecule has 3 aromatic carbocycles. The number of aryl methyl sites for hydroxylation is 2. The second-order valence-electron chi connectivity index (χ2n) is 12.3. The molecule has 0 aliphatic heterocycles. The molecule has 10 nitrogen and oxygen atoms in total. The number of unbranched alkanes of at least 4 members (excludes halogenated alkanes) is 5. The monoisotopic (exact) mass is 736 g/mol. The number of thioether (sulfide) groups is 1. The van der Waals surface area contributed by atoms with Gasteiger partial charge in [-0.05, 0) is 80.0 Å². The molecule has 3 aromatic rings. The van der Waals surface area contributed by atoms with E-state index < -0.39 is 24.0 Å². The van der Waals surface area contributed by atoms with E-state index in [4.69, 9.17) is 21.6 Å². The molecule has 0 spiro atoms. The third-order valence-electron chi connectivity index (χ3n) is 8.15. The molecular formula is C39H49ClN4O6S. The minimum Gasteiger partial charge on any atom is -0.506 e. The van der Waals surface area contributed by atoms with E-state index in [1.807, 2.05) is 19.1 Å². The lowest BCUT2D eigenvalue weighted by Gasteiger charge is -2.22. The number of aromatic hydroxyl groups is 1. The van der Waals surface area contributed by atoms with Gasteiger partial charge in [-0.25, -0.2) is 4.79 Å². The molecule has 0 saturated carbocycles. The summed E-state index contributed by atoms with van der Waals surface area (Å²) >= 11 is 7.25. The van der Waals surface area contributed by atoms with Gasteiger partial charge in [-0.2, -0.15) is 5.26 Å². The van der Waals surface area contributed by atoms with E-state index in [-0.39, 0.29) is 39.9 Å². The number of carboxylic acids is 1. The molecule has 12 heteroatoms. The lowest BCUT2D eigenvalue weighted by atomic mass is 10.00. The van der Waals surface area contributed by atoms with E-state index >= 15 is 0 Å². The van der Waals surface area contributed by atoms with Gasteiger partial charge in [0.05, 0.1) is 28.4 Å². The van der Waals surface area contributed by atoms with Crippen molar-refractivity contribution in [3.8, 4) is 17.6 Å². The van der Waals surface area contributed by atoms with E-state index in [9.17, 15) is 24.6 Å². The van der Waals surface area contributed by atoms with Crippen molar-refractivity contribution in [2.24, 2.45) is 0 Å². The molecule has 0 fully saturated rings. The van der Waals surface area contributed by atoms with Crippen LogP contribution in [0.25, 0.3) is 0 Å². The normalized spacial score (nSPS) is 11.4. The van der Waals surface area contributed by atoms with Crippen molar-refractivity contribution in [3.63, 3.8) is 0 Å². The number of carbonyl (C=O) groups excluding carboxylic acids is 2. The number of rotatable bonds is 21. The number of halogens is 1. The Balaban J connectivity index is 1.86. The predicted molar refractivity (Wildman–Crippen MR) is 205 cm³/mol. The van der Waals surface area contributed by atoms with Crippen LogP contribution < -0.4 is 20.7 Å². The highest BCUT2D eigenvalue weighted by Gasteiger charge is 2.24. The number of urea groups is 1. The number of hydrogen-bond donors (Lipinski definition) is 5. The van der Waals surface area contributed by atoms with Crippen LogP contribution in [-0.2, 0) is 22.4 Å². The van der Waals surface area contributed by atoms with Crippen LogP contribution in [0.4, 0.5) is 21.9 Å². The summed E-state index contributed by atoms with van der Waals surface area (Å²) in [5.41, 5.74) is 3.24. The lowest BCUT2D eigenvalue weighted by Crippen LogP contribution is -2.33. The number of phenolic OH excluding ortho intramolecular Hbond substituents is 1. The Bertz CT molecular complexity index is 1680. The van der Waals surface area contributed by atoms with Crippen LogP contribution in [0.5, 0.6) is 11.5 Å². The van der Waals surface area contributed by atoms with Crippen LogP contribution in [0.15, 0.2) is 53.4 Å². The maximum absolute atomic E-state index is 13.9. The van der Waals surface area contributed by atoms with Crippen molar-refractivity contribution in [1.29, 1.82) is 5.26 Å². The van der Waals surface area contributed by atoms with Gasteiger partial charge < -0.3 is 30.9 Å². The van der Waals surface area contributed by atoms with Gasteiger partial charge in [0.1, 0.15) is 17.6 Å². The summed E-state index contributed by atoms with van der Waals surface area (Å²) in [6.45, 7) is 6.40. The molecule has 1 atom stereocenters. The number of carbonyl (C=O) groups is 3. The molecule has 3 rings (SSSR count). The van der Waals surface area contributed by atoms with E-state index in [2.05, 4.69) is 41.9 Å². The number of nitrogens with zero attached hydrogens (tertiary/aromatic N) is 1. The molecule has 0 aromatic heterocycles. The van der Waals surface area contributed by atoms with Crippen LogP contribution in [0.2, 0.25) is 5.02 Å². The summed E-state index contributed by atoms with van der Waals surface area (Å²) < 4.78 is 6.48. The van der Waals surface area contributed by atoms with Crippen molar-refractivity contribution in [2.75, 3.05) is 21.7 Å². The first-order chi connectivity index (χ1) is 24.6. The van der Waals surface area contributed by atoms with Crippen molar-refractivity contribution in [2.45, 2.75) is 109 Å². The molecular weight excluding hydrogens is 688 g/mol. The van der Waals surface area contributed by atoms with Crippen LogP contribution in [0.1, 0.15) is 102 Å². The highest BCUT2D eigenvalue weighted by Crippen LogP contribution is 2.37. The largest absolute Gasteiger partial charge is 0.506 e. The molecule has 0 saturated heterocycles. The number of anilines is 3. The first-order valence-corrected chi connectivity index (χ1v) is 19.0. The Morgan fingerprint density at radius 3 is 2.27 bits per heavy atom. The standard InChI is InChI=1S/C39H49ClN4O6S/c1-4-7-10-12-26-15-18-34(27(21-26)13-11-8-5-2)50-35(14-9-6-3)38(48)43-32-23-33(45)31(24-36(32)51-20-19-37(46)47)44-39(49)42-29-17-16-28(25-41)30(40)22-29/h15-18,21-24,35,45H,4-14,19-20H2,1-3H3,(H,43,48)(H,46,47)(H2,42,44,49). The number of nitrogens with one attached hydrogen (secondary N) is 3. The lowest BCUT2D eigenvalue weighted by molar-refractivity contribution is -0.136. The fraction of sp³-hybridized carbons (Fsp3) is 0.436. The van der Waals surface area contributed by atoms with Gasteiger partial charge in [0.15, 0.2) is 6.10 Å². The maximum atomic E-state index is 13.9. The second kappa shape index (κ2) is 21.7. The number of amides is 3. The zero-order valence-corrected chi connectivity index (χ0v) is 31.2. The van der Waals surface area contributed by atoms with Gasteiger partial charge in [-0.15, -0.1) is 11.8 Å². The van der Waals surface area contributed by atoms with E-state index in [1.54, 1.807) is 0 Å². The maximum Gasteiger partial charge on any atom is 0.323 e. The second-order valence-corrected chi connectivity index (χ2v) is 13.9. The molecule has 0 aliphatic rings. The van der Waals surface area contributed by atoms with Gasteiger partial charge >= 0.3 is 12.0 Å². The summed E-state index contributed by atoms with van der Waals surface area (Å²) in [4.78, 5) is 38.4. The molecule has 51 heavy (non-hydrogen) atoms. The van der Waals surface area contributed by atoms with Gasteiger partial charge in [0.25, 0.3) is 5.91 Å². The van der Waals surface area contributed by atoms with Gasteiger partial charge in [0, 0.05) is 22.4 Å². The average molecular weight is 737 g/mol. The number of phenols is 1. The molecule has 274 valence electrons. The minimum atomic E-state index is -0.982. The zero-order chi connectivity index (χ0) is 37.2. The number of nitriles is 1. The zero-order valence-electron chi connectivity index (χ0n) is 29.6. The summed E-state index contributed by atoms with van der Waals surface area (Å²) in [5, 5.41) is 37.6. The summed E-state index contributed by atoms with van der Waals surface area (Å²) in [6.07, 6.45) is 9.65. The Labute approximate surface area is 310 Å². The molecule has 0 bridgehead atoms. The molecule has 0 radical (unpaired) electrons. The first kappa shape index (κ1) is 41.0. The quantitative estimate of drug-likeness (QED) is 0.0410. The Kier molecular flexibility index (Phi) is 17.5. The minimum absolute atomic E-state index is 0.0394. The summed E-state index contributed by atoms with van der Waals surface area (Å²) in [6, 6.07) is 14.8. The van der Waals surface area contributed by atoms with Crippen LogP contribution >= 0.6 is 23.4 Å². The van der Waals surface area contributed by atoms with Crippen molar-refractivity contribution < 1.29 is 29.3 Å². The van der Waals surface area contributed by atoms with E-state index in [1.165, 1.54) is 54.1 Å². The number of aliphatic carboxylic acids is 1. The van der Waals surface area contributed by atoms with Crippen molar-refractivity contribution >= 4 is 58.3 Å². The Hall–Kier alpha value is -4.40. The third-order valence-corrected chi connectivity index (χ3v) is 9.52. The first-order valence-electron chi connectivity index (χ1n) is 17.7. The van der Waals surface area contributed by atoms with Gasteiger partial charge in [-0.1, -0.05) is 76.6 Å². The van der Waals surface area contributed by atoms with Crippen molar-refractivity contribution in [3.05, 3.63) is 70.2 Å². The molecule has 0 aliphatic carbocycles. The van der Waals surface area contributed by atoms with Crippen LogP contribution in [0, 0.1) is 11.3 Å². The van der Waals surface area contributed by atoms with E-state index in [0.29, 0.717) is 22.8 Å². The van der Waals surface area contributed by atoms with Gasteiger partial charge in [-0.3, -0.25) is 9.59 Å². The predicted octanol–water partition coefficient (Wildman–Crippen LogP) is 10.2.